The van der Waals surface area contributed by atoms with Crippen molar-refractivity contribution in [2.45, 2.75) is 19.8 Å². The van der Waals surface area contributed by atoms with E-state index < -0.39 is 0 Å². The molecule has 1 amide bonds. The van der Waals surface area contributed by atoms with Crippen LogP contribution in [0.25, 0.3) is 0 Å². The van der Waals surface area contributed by atoms with Gasteiger partial charge in [-0.3, -0.25) is 4.79 Å². The van der Waals surface area contributed by atoms with E-state index >= 15 is 0 Å². The number of aromatic nitrogens is 3. The smallest absolute Gasteiger partial charge is 0.223 e. The molecule has 2 aromatic rings. The summed E-state index contributed by atoms with van der Waals surface area (Å²) in [6, 6.07) is 7.46. The van der Waals surface area contributed by atoms with Crippen LogP contribution in [0.1, 0.15) is 18.7 Å². The Morgan fingerprint density at radius 2 is 1.96 bits per heavy atom. The van der Waals surface area contributed by atoms with Gasteiger partial charge in [0.1, 0.15) is 23.3 Å². The lowest BCUT2D eigenvalue weighted by molar-refractivity contribution is -0.127. The average molecular weight is 356 g/mol. The molecule has 0 bridgehead atoms. The number of anilines is 3. The van der Waals surface area contributed by atoms with E-state index in [4.69, 9.17) is 4.74 Å². The maximum atomic E-state index is 12.1. The maximum Gasteiger partial charge on any atom is 0.223 e. The van der Waals surface area contributed by atoms with E-state index in [0.717, 1.165) is 18.7 Å². The highest BCUT2D eigenvalue weighted by atomic mass is 16.5. The number of hydrogen-bond donors (Lipinski definition) is 3. The highest BCUT2D eigenvalue weighted by molar-refractivity contribution is 5.78. The van der Waals surface area contributed by atoms with E-state index in [9.17, 15) is 4.79 Å². The summed E-state index contributed by atoms with van der Waals surface area (Å²) in [4.78, 5) is 25.0. The third-order valence-corrected chi connectivity index (χ3v) is 4.08. The van der Waals surface area contributed by atoms with Crippen LogP contribution in [-0.4, -0.2) is 47.2 Å². The van der Waals surface area contributed by atoms with Gasteiger partial charge in [-0.05, 0) is 31.9 Å². The number of aryl methyl sites for hydroxylation is 1. The molecular weight excluding hydrogens is 332 g/mol. The van der Waals surface area contributed by atoms with Gasteiger partial charge in [-0.2, -0.15) is 0 Å². The Labute approximate surface area is 152 Å². The molecule has 1 aliphatic rings. The quantitative estimate of drug-likeness (QED) is 0.651. The lowest BCUT2D eigenvalue weighted by atomic mass is 9.99. The van der Waals surface area contributed by atoms with Gasteiger partial charge >= 0.3 is 0 Å². The molecule has 0 aromatic carbocycles. The monoisotopic (exact) mass is 356 g/mol. The molecule has 0 atom stereocenters. The summed E-state index contributed by atoms with van der Waals surface area (Å²) in [6.45, 7) is 4.31. The van der Waals surface area contributed by atoms with Crippen molar-refractivity contribution in [2.24, 2.45) is 5.92 Å². The van der Waals surface area contributed by atoms with Crippen molar-refractivity contribution in [2.75, 3.05) is 36.9 Å². The van der Waals surface area contributed by atoms with E-state index in [-0.39, 0.29) is 11.8 Å². The molecule has 0 saturated carbocycles. The van der Waals surface area contributed by atoms with Gasteiger partial charge in [0, 0.05) is 44.5 Å². The molecule has 0 aliphatic carbocycles. The van der Waals surface area contributed by atoms with Crippen LogP contribution in [-0.2, 0) is 9.53 Å². The molecule has 3 rings (SSSR count). The number of nitrogens with zero attached hydrogens (tertiary/aromatic N) is 3. The van der Waals surface area contributed by atoms with Crippen molar-refractivity contribution in [1.82, 2.24) is 20.3 Å². The van der Waals surface area contributed by atoms with E-state index in [0.29, 0.717) is 43.8 Å². The highest BCUT2D eigenvalue weighted by Crippen LogP contribution is 2.16. The summed E-state index contributed by atoms with van der Waals surface area (Å²) in [7, 11) is 0. The number of carbonyl (C=O) groups excluding carboxylic acids is 1. The normalized spacial score (nSPS) is 14.7. The Kier molecular flexibility index (Phi) is 6.32. The highest BCUT2D eigenvalue weighted by Gasteiger charge is 2.20. The Morgan fingerprint density at radius 3 is 2.73 bits per heavy atom. The van der Waals surface area contributed by atoms with Gasteiger partial charge < -0.3 is 20.7 Å². The zero-order valence-corrected chi connectivity index (χ0v) is 14.9. The third kappa shape index (κ3) is 5.38. The van der Waals surface area contributed by atoms with Gasteiger partial charge in [-0.25, -0.2) is 15.0 Å². The summed E-state index contributed by atoms with van der Waals surface area (Å²) < 4.78 is 5.28. The van der Waals surface area contributed by atoms with Crippen molar-refractivity contribution < 1.29 is 9.53 Å². The van der Waals surface area contributed by atoms with Crippen molar-refractivity contribution in [3.05, 3.63) is 36.3 Å². The van der Waals surface area contributed by atoms with E-state index in [1.165, 1.54) is 0 Å². The molecule has 1 saturated heterocycles. The van der Waals surface area contributed by atoms with Gasteiger partial charge in [-0.1, -0.05) is 6.07 Å². The maximum absolute atomic E-state index is 12.1. The minimum Gasteiger partial charge on any atom is -0.381 e. The summed E-state index contributed by atoms with van der Waals surface area (Å²) in [5.41, 5.74) is 0. The number of pyridine rings is 1. The van der Waals surface area contributed by atoms with Crippen LogP contribution in [0.2, 0.25) is 0 Å². The lowest BCUT2D eigenvalue weighted by Crippen LogP contribution is -2.36. The van der Waals surface area contributed by atoms with Gasteiger partial charge in [-0.15, -0.1) is 0 Å². The molecule has 2 aromatic heterocycles. The molecule has 1 aliphatic heterocycles. The molecule has 0 spiro atoms. The predicted octanol–water partition coefficient (Wildman–Crippen LogP) is 1.88. The van der Waals surface area contributed by atoms with Crippen molar-refractivity contribution in [3.8, 4) is 0 Å². The molecule has 0 radical (unpaired) electrons. The summed E-state index contributed by atoms with van der Waals surface area (Å²) >= 11 is 0. The fourth-order valence-corrected chi connectivity index (χ4v) is 2.77. The molecular formula is C18H24N6O2. The van der Waals surface area contributed by atoms with Gasteiger partial charge in [0.15, 0.2) is 0 Å². The average Bonchev–Trinajstić information content (AvgIpc) is 2.66. The van der Waals surface area contributed by atoms with Gasteiger partial charge in [0.25, 0.3) is 0 Å². The molecule has 0 unspecified atom stereocenters. The standard InChI is InChI=1S/C18H24N6O2/c1-13-22-16(12-17(23-13)24-15-4-2-3-7-19-15)20-8-9-21-18(25)14-5-10-26-11-6-14/h2-4,7,12,14H,5-6,8-11H2,1H3,(H,21,25)(H2,19,20,22,23,24). The van der Waals surface area contributed by atoms with E-state index in [2.05, 4.69) is 30.9 Å². The molecule has 8 nitrogen and oxygen atoms in total. The lowest BCUT2D eigenvalue weighted by Gasteiger charge is -2.21. The Bertz CT molecular complexity index is 719. The molecule has 138 valence electrons. The number of amides is 1. The second-order valence-corrected chi connectivity index (χ2v) is 6.13. The number of carbonyl (C=O) groups is 1. The molecule has 1 fully saturated rings. The van der Waals surface area contributed by atoms with Crippen molar-refractivity contribution in [3.63, 3.8) is 0 Å². The minimum absolute atomic E-state index is 0.0687. The number of rotatable bonds is 7. The zero-order chi connectivity index (χ0) is 18.2. The first-order chi connectivity index (χ1) is 12.7. The van der Waals surface area contributed by atoms with Crippen LogP contribution < -0.4 is 16.0 Å². The topological polar surface area (TPSA) is 101 Å². The van der Waals surface area contributed by atoms with Crippen molar-refractivity contribution in [1.29, 1.82) is 0 Å². The summed E-state index contributed by atoms with van der Waals surface area (Å²) in [5.74, 6) is 2.92. The minimum atomic E-state index is 0.0687. The first-order valence-corrected chi connectivity index (χ1v) is 8.84. The number of hydrogen-bond acceptors (Lipinski definition) is 7. The van der Waals surface area contributed by atoms with Crippen LogP contribution in [0.15, 0.2) is 30.5 Å². The van der Waals surface area contributed by atoms with Gasteiger partial charge in [0.2, 0.25) is 5.91 Å². The van der Waals surface area contributed by atoms with E-state index in [1.54, 1.807) is 6.20 Å². The summed E-state index contributed by atoms with van der Waals surface area (Å²) in [6.07, 6.45) is 3.32. The first kappa shape index (κ1) is 18.1. The number of ether oxygens (including phenoxy) is 1. The Balaban J connectivity index is 1.47. The fourth-order valence-electron chi connectivity index (χ4n) is 2.77. The molecule has 3 N–H and O–H groups in total. The van der Waals surface area contributed by atoms with Crippen LogP contribution >= 0.6 is 0 Å². The molecule has 26 heavy (non-hydrogen) atoms. The predicted molar refractivity (Wildman–Crippen MR) is 99.3 cm³/mol. The SMILES string of the molecule is Cc1nc(NCCNC(=O)C2CCOCC2)cc(Nc2ccccn2)n1. The van der Waals surface area contributed by atoms with Gasteiger partial charge in [0.05, 0.1) is 0 Å². The zero-order valence-electron chi connectivity index (χ0n) is 14.9. The van der Waals surface area contributed by atoms with Crippen LogP contribution in [0, 0.1) is 12.8 Å². The van der Waals surface area contributed by atoms with E-state index in [1.807, 2.05) is 31.2 Å². The Hall–Kier alpha value is -2.74. The fraction of sp³-hybridized carbons (Fsp3) is 0.444. The second kappa shape index (κ2) is 9.10. The van der Waals surface area contributed by atoms with Crippen LogP contribution in [0.4, 0.5) is 17.5 Å². The summed E-state index contributed by atoms with van der Waals surface area (Å²) in [5, 5.41) is 9.34. The third-order valence-electron chi connectivity index (χ3n) is 4.08. The first-order valence-electron chi connectivity index (χ1n) is 8.84. The Morgan fingerprint density at radius 1 is 1.15 bits per heavy atom. The molecule has 3 heterocycles. The largest absolute Gasteiger partial charge is 0.381 e. The van der Waals surface area contributed by atoms with Crippen molar-refractivity contribution >= 4 is 23.4 Å². The number of nitrogens with one attached hydrogen (secondary N) is 3. The van der Waals surface area contributed by atoms with Crippen LogP contribution in [0.3, 0.4) is 0 Å². The second-order valence-electron chi connectivity index (χ2n) is 6.13. The van der Waals surface area contributed by atoms with Crippen LogP contribution in [0.5, 0.6) is 0 Å². The molecule has 8 heteroatoms.